The van der Waals surface area contributed by atoms with Crippen molar-refractivity contribution in [1.82, 2.24) is 19.7 Å². The largest absolute Gasteiger partial charge is 0.457 e. The Morgan fingerprint density at radius 1 is 0.919 bits per heavy atom. The minimum absolute atomic E-state index is 0.0360. The number of ketones is 1. The summed E-state index contributed by atoms with van der Waals surface area (Å²) in [5.41, 5.74) is 2.09. The molecule has 0 aliphatic carbocycles. The van der Waals surface area contributed by atoms with Crippen LogP contribution in [0, 0.1) is 5.92 Å². The van der Waals surface area contributed by atoms with Crippen LogP contribution in [0.5, 0.6) is 11.5 Å². The molecule has 7 nitrogen and oxygen atoms in total. The maximum Gasteiger partial charge on any atom is 0.244 e. The predicted octanol–water partition coefficient (Wildman–Crippen LogP) is 5.00. The molecule has 0 saturated carbocycles. The van der Waals surface area contributed by atoms with Gasteiger partial charge in [-0.1, -0.05) is 54.1 Å². The summed E-state index contributed by atoms with van der Waals surface area (Å²) >= 11 is 5.93. The SMILES string of the molecule is O=C(Cc1ccc(Oc2ccc(Cl)cc2)cc1)[C@@H]1C[C@@H](Cc2ccccc2)CN1C(=O)Cn1cncn1. The van der Waals surface area contributed by atoms with Gasteiger partial charge in [-0.25, -0.2) is 9.67 Å². The second-order valence-corrected chi connectivity index (χ2v) is 9.73. The lowest BCUT2D eigenvalue weighted by Crippen LogP contribution is -2.42. The van der Waals surface area contributed by atoms with Crippen LogP contribution >= 0.6 is 11.6 Å². The van der Waals surface area contributed by atoms with Crippen LogP contribution in [0.3, 0.4) is 0 Å². The van der Waals surface area contributed by atoms with Gasteiger partial charge in [-0.2, -0.15) is 5.10 Å². The number of ether oxygens (including phenoxy) is 1. The van der Waals surface area contributed by atoms with E-state index in [1.807, 2.05) is 42.5 Å². The van der Waals surface area contributed by atoms with Gasteiger partial charge in [0.15, 0.2) is 5.78 Å². The minimum atomic E-state index is -0.463. The summed E-state index contributed by atoms with van der Waals surface area (Å²) in [6, 6.07) is 24.3. The number of hydrogen-bond donors (Lipinski definition) is 0. The van der Waals surface area contributed by atoms with Crippen molar-refractivity contribution >= 4 is 23.3 Å². The third kappa shape index (κ3) is 6.43. The molecule has 1 saturated heterocycles. The van der Waals surface area contributed by atoms with Crippen molar-refractivity contribution in [3.63, 3.8) is 0 Å². The smallest absolute Gasteiger partial charge is 0.244 e. The van der Waals surface area contributed by atoms with Crippen LogP contribution < -0.4 is 4.74 Å². The number of aromatic nitrogens is 3. The molecule has 4 aromatic rings. The molecule has 188 valence electrons. The van der Waals surface area contributed by atoms with Gasteiger partial charge in [0, 0.05) is 18.0 Å². The number of halogens is 1. The second kappa shape index (κ2) is 11.4. The summed E-state index contributed by atoms with van der Waals surface area (Å²) in [5, 5.41) is 4.70. The summed E-state index contributed by atoms with van der Waals surface area (Å²) in [7, 11) is 0. The van der Waals surface area contributed by atoms with Crippen molar-refractivity contribution in [2.75, 3.05) is 6.54 Å². The van der Waals surface area contributed by atoms with Crippen molar-refractivity contribution in [2.24, 2.45) is 5.92 Å². The van der Waals surface area contributed by atoms with Gasteiger partial charge in [0.25, 0.3) is 0 Å². The zero-order valence-corrected chi connectivity index (χ0v) is 21.0. The maximum absolute atomic E-state index is 13.5. The van der Waals surface area contributed by atoms with Gasteiger partial charge in [-0.05, 0) is 66.3 Å². The van der Waals surface area contributed by atoms with Crippen LogP contribution in [-0.2, 0) is 29.0 Å². The molecule has 2 heterocycles. The van der Waals surface area contributed by atoms with Crippen molar-refractivity contribution in [1.29, 1.82) is 0 Å². The highest BCUT2D eigenvalue weighted by Crippen LogP contribution is 2.29. The zero-order valence-electron chi connectivity index (χ0n) is 20.2. The summed E-state index contributed by atoms with van der Waals surface area (Å²) in [6.07, 6.45) is 4.64. The van der Waals surface area contributed by atoms with Crippen LogP contribution in [0.15, 0.2) is 91.5 Å². The quantitative estimate of drug-likeness (QED) is 0.314. The molecule has 3 aromatic carbocycles. The number of carbonyl (C=O) groups is 2. The molecule has 37 heavy (non-hydrogen) atoms. The summed E-state index contributed by atoms with van der Waals surface area (Å²) in [4.78, 5) is 32.3. The topological polar surface area (TPSA) is 77.3 Å². The number of carbonyl (C=O) groups excluding carboxylic acids is 2. The van der Waals surface area contributed by atoms with E-state index in [1.165, 1.54) is 22.9 Å². The Balaban J connectivity index is 1.26. The first-order chi connectivity index (χ1) is 18.0. The molecule has 0 spiro atoms. The third-order valence-corrected chi connectivity index (χ3v) is 6.81. The second-order valence-electron chi connectivity index (χ2n) is 9.29. The predicted molar refractivity (Wildman–Crippen MR) is 140 cm³/mol. The standard InChI is InChI=1S/C29H27ClN4O3/c30-24-8-12-26(13-9-24)37-25-10-6-22(7-11-25)16-28(35)27-15-23(14-21-4-2-1-3-5-21)17-34(27)29(36)18-33-20-31-19-32-33/h1-13,19-20,23,27H,14-18H2/t23-,27+/m1/s1. The Morgan fingerprint density at radius 3 is 2.30 bits per heavy atom. The highest BCUT2D eigenvalue weighted by Gasteiger charge is 2.39. The molecule has 0 unspecified atom stereocenters. The summed E-state index contributed by atoms with van der Waals surface area (Å²) < 4.78 is 7.35. The van der Waals surface area contributed by atoms with Gasteiger partial charge < -0.3 is 9.64 Å². The Bertz CT molecular complexity index is 1330. The van der Waals surface area contributed by atoms with Gasteiger partial charge in [0.05, 0.1) is 6.04 Å². The molecule has 0 N–H and O–H groups in total. The molecule has 1 fully saturated rings. The van der Waals surface area contributed by atoms with Gasteiger partial charge in [0.2, 0.25) is 5.91 Å². The van der Waals surface area contributed by atoms with Gasteiger partial charge in [0.1, 0.15) is 30.7 Å². The molecule has 0 bridgehead atoms. The lowest BCUT2D eigenvalue weighted by Gasteiger charge is -2.23. The highest BCUT2D eigenvalue weighted by atomic mass is 35.5. The van der Waals surface area contributed by atoms with Gasteiger partial charge in [-0.15, -0.1) is 0 Å². The van der Waals surface area contributed by atoms with Gasteiger partial charge in [-0.3, -0.25) is 9.59 Å². The fraction of sp³-hybridized carbons (Fsp3) is 0.241. The monoisotopic (exact) mass is 514 g/mol. The fourth-order valence-corrected chi connectivity index (χ4v) is 4.90. The van der Waals surface area contributed by atoms with E-state index in [2.05, 4.69) is 22.2 Å². The first-order valence-electron chi connectivity index (χ1n) is 12.2. The number of nitrogens with zero attached hydrogens (tertiary/aromatic N) is 4. The molecule has 1 aromatic heterocycles. The normalized spacial score (nSPS) is 17.1. The van der Waals surface area contributed by atoms with E-state index in [-0.39, 0.29) is 30.6 Å². The van der Waals surface area contributed by atoms with Crippen molar-refractivity contribution < 1.29 is 14.3 Å². The fourth-order valence-electron chi connectivity index (χ4n) is 4.78. The van der Waals surface area contributed by atoms with Gasteiger partial charge >= 0.3 is 0 Å². The zero-order chi connectivity index (χ0) is 25.6. The van der Waals surface area contributed by atoms with E-state index in [0.29, 0.717) is 29.5 Å². The summed E-state index contributed by atoms with van der Waals surface area (Å²) in [5.74, 6) is 1.49. The molecule has 8 heteroatoms. The Kier molecular flexibility index (Phi) is 7.61. The van der Waals surface area contributed by atoms with E-state index in [4.69, 9.17) is 16.3 Å². The molecule has 2 atom stereocenters. The van der Waals surface area contributed by atoms with E-state index in [9.17, 15) is 9.59 Å². The van der Waals surface area contributed by atoms with Crippen LogP contribution in [0.4, 0.5) is 0 Å². The van der Waals surface area contributed by atoms with Crippen LogP contribution in [0.25, 0.3) is 0 Å². The molecule has 1 aliphatic rings. The van der Waals surface area contributed by atoms with Crippen LogP contribution in [0.2, 0.25) is 5.02 Å². The highest BCUT2D eigenvalue weighted by molar-refractivity contribution is 6.30. The number of benzene rings is 3. The van der Waals surface area contributed by atoms with E-state index in [0.717, 1.165) is 12.0 Å². The first-order valence-corrected chi connectivity index (χ1v) is 12.6. The molecule has 0 radical (unpaired) electrons. The molecular weight excluding hydrogens is 488 g/mol. The number of hydrogen-bond acceptors (Lipinski definition) is 5. The third-order valence-electron chi connectivity index (χ3n) is 6.56. The van der Waals surface area contributed by atoms with Crippen molar-refractivity contribution in [2.45, 2.75) is 31.8 Å². The van der Waals surface area contributed by atoms with E-state index in [1.54, 1.807) is 29.2 Å². The molecule has 5 rings (SSSR count). The Morgan fingerprint density at radius 2 is 1.62 bits per heavy atom. The maximum atomic E-state index is 13.5. The Labute approximate surface area is 220 Å². The summed E-state index contributed by atoms with van der Waals surface area (Å²) in [6.45, 7) is 0.616. The Hall–Kier alpha value is -3.97. The number of Topliss-reactive ketones (excluding diaryl/α,β-unsaturated/α-hetero) is 1. The number of rotatable bonds is 9. The average Bonchev–Trinajstić information content (AvgIpc) is 3.57. The molecule has 1 aliphatic heterocycles. The lowest BCUT2D eigenvalue weighted by molar-refractivity contribution is -0.138. The first kappa shape index (κ1) is 24.7. The number of amides is 1. The lowest BCUT2D eigenvalue weighted by atomic mass is 9.94. The molecular formula is C29H27ClN4O3. The van der Waals surface area contributed by atoms with Crippen LogP contribution in [0.1, 0.15) is 17.5 Å². The van der Waals surface area contributed by atoms with Crippen molar-refractivity contribution in [3.05, 3.63) is 108 Å². The van der Waals surface area contributed by atoms with Crippen molar-refractivity contribution in [3.8, 4) is 11.5 Å². The minimum Gasteiger partial charge on any atom is -0.457 e. The molecule has 1 amide bonds. The van der Waals surface area contributed by atoms with E-state index < -0.39 is 6.04 Å². The van der Waals surface area contributed by atoms with E-state index >= 15 is 0 Å². The van der Waals surface area contributed by atoms with Crippen LogP contribution in [-0.4, -0.2) is 43.9 Å². The average molecular weight is 515 g/mol. The number of likely N-dealkylation sites (tertiary alicyclic amines) is 1.